The Morgan fingerprint density at radius 2 is 2.00 bits per heavy atom. The van der Waals surface area contributed by atoms with Crippen LogP contribution in [0.2, 0.25) is 0 Å². The third-order valence-corrected chi connectivity index (χ3v) is 6.70. The fourth-order valence-corrected chi connectivity index (χ4v) is 4.98. The zero-order valence-electron chi connectivity index (χ0n) is 15.9. The molecule has 1 aromatic carbocycles. The molecule has 2 aromatic rings. The maximum absolute atomic E-state index is 12.6. The summed E-state index contributed by atoms with van der Waals surface area (Å²) in [4.78, 5) is 12.6. The number of thioether (sulfide) groups is 1. The number of ether oxygens (including phenoxy) is 1. The lowest BCUT2D eigenvalue weighted by molar-refractivity contribution is -0.121. The summed E-state index contributed by atoms with van der Waals surface area (Å²) in [6, 6.07) is 9.84. The number of rotatable bonds is 7. The van der Waals surface area contributed by atoms with Crippen molar-refractivity contribution in [3.05, 3.63) is 24.3 Å². The van der Waals surface area contributed by atoms with E-state index in [1.165, 1.54) is 23.1 Å². The molecule has 28 heavy (non-hydrogen) atoms. The Hall–Kier alpha value is -2.31. The standard InChI is InChI=1S/C19H23N5O2S2/c1-13(16(25)22-19(12-20)10-4-3-5-11-19)27-18-24-23-17(28-18)21-14-6-8-15(26-2)9-7-14/h6-9,13H,3-5,10-11H2,1-2H3,(H,21,23)(H,22,25)/t13-/m1/s1. The van der Waals surface area contributed by atoms with E-state index in [0.29, 0.717) is 9.47 Å². The molecule has 1 aromatic heterocycles. The normalized spacial score (nSPS) is 16.6. The molecule has 0 aliphatic heterocycles. The molecule has 9 heteroatoms. The highest BCUT2D eigenvalue weighted by Gasteiger charge is 2.35. The van der Waals surface area contributed by atoms with Crippen molar-refractivity contribution in [2.24, 2.45) is 0 Å². The molecule has 1 saturated carbocycles. The lowest BCUT2D eigenvalue weighted by atomic mass is 9.83. The van der Waals surface area contributed by atoms with Crippen molar-refractivity contribution >= 4 is 39.8 Å². The number of anilines is 2. The van der Waals surface area contributed by atoms with Crippen molar-refractivity contribution in [3.63, 3.8) is 0 Å². The van der Waals surface area contributed by atoms with Crippen LogP contribution >= 0.6 is 23.1 Å². The molecule has 0 bridgehead atoms. The van der Waals surface area contributed by atoms with Gasteiger partial charge in [-0.3, -0.25) is 4.79 Å². The Labute approximate surface area is 172 Å². The van der Waals surface area contributed by atoms with Gasteiger partial charge in [-0.1, -0.05) is 42.4 Å². The van der Waals surface area contributed by atoms with E-state index in [1.54, 1.807) is 7.11 Å². The van der Waals surface area contributed by atoms with Crippen LogP contribution in [-0.2, 0) is 4.79 Å². The number of hydrogen-bond acceptors (Lipinski definition) is 8. The number of carbonyl (C=O) groups is 1. The van der Waals surface area contributed by atoms with E-state index in [0.717, 1.165) is 43.5 Å². The highest BCUT2D eigenvalue weighted by atomic mass is 32.2. The van der Waals surface area contributed by atoms with Gasteiger partial charge >= 0.3 is 0 Å². The first-order valence-corrected chi connectivity index (χ1v) is 10.9. The zero-order valence-corrected chi connectivity index (χ0v) is 17.5. The third-order valence-electron chi connectivity index (χ3n) is 4.68. The number of methoxy groups -OCH3 is 1. The van der Waals surface area contributed by atoms with Gasteiger partial charge in [-0.05, 0) is 44.0 Å². The lowest BCUT2D eigenvalue weighted by Gasteiger charge is -2.32. The van der Waals surface area contributed by atoms with E-state index in [1.807, 2.05) is 31.2 Å². The minimum absolute atomic E-state index is 0.131. The molecule has 7 nitrogen and oxygen atoms in total. The average molecular weight is 418 g/mol. The molecular formula is C19H23N5O2S2. The predicted octanol–water partition coefficient (Wildman–Crippen LogP) is 4.11. The highest BCUT2D eigenvalue weighted by Crippen LogP contribution is 2.32. The molecule has 1 atom stereocenters. The minimum Gasteiger partial charge on any atom is -0.497 e. The maximum atomic E-state index is 12.6. The molecule has 1 fully saturated rings. The van der Waals surface area contributed by atoms with Gasteiger partial charge < -0.3 is 15.4 Å². The van der Waals surface area contributed by atoms with E-state index < -0.39 is 5.54 Å². The van der Waals surface area contributed by atoms with Crippen LogP contribution in [0.15, 0.2) is 28.6 Å². The predicted molar refractivity (Wildman–Crippen MR) is 111 cm³/mol. The smallest absolute Gasteiger partial charge is 0.234 e. The molecule has 148 valence electrons. The number of aromatic nitrogens is 2. The monoisotopic (exact) mass is 417 g/mol. The summed E-state index contributed by atoms with van der Waals surface area (Å²) in [5.41, 5.74) is 0.166. The second-order valence-corrected chi connectivity index (χ2v) is 9.30. The molecule has 1 heterocycles. The number of carbonyl (C=O) groups excluding carboxylic acids is 1. The molecule has 0 spiro atoms. The molecule has 1 aliphatic rings. The molecular weight excluding hydrogens is 394 g/mol. The van der Waals surface area contributed by atoms with Crippen LogP contribution < -0.4 is 15.4 Å². The quantitative estimate of drug-likeness (QED) is 0.654. The topological polar surface area (TPSA) is 99.9 Å². The molecule has 2 N–H and O–H groups in total. The summed E-state index contributed by atoms with van der Waals surface area (Å²) in [6.45, 7) is 1.83. The summed E-state index contributed by atoms with van der Waals surface area (Å²) in [6.07, 6.45) is 4.53. The largest absolute Gasteiger partial charge is 0.497 e. The van der Waals surface area contributed by atoms with Crippen LogP contribution in [0, 0.1) is 11.3 Å². The van der Waals surface area contributed by atoms with Crippen LogP contribution in [0.1, 0.15) is 39.0 Å². The van der Waals surface area contributed by atoms with Gasteiger partial charge in [0, 0.05) is 5.69 Å². The van der Waals surface area contributed by atoms with Crippen molar-refractivity contribution in [2.45, 2.75) is 54.2 Å². The molecule has 1 amide bonds. The van der Waals surface area contributed by atoms with Crippen LogP contribution in [0.4, 0.5) is 10.8 Å². The Bertz CT molecular complexity index is 841. The van der Waals surface area contributed by atoms with Gasteiger partial charge in [-0.2, -0.15) is 5.26 Å². The van der Waals surface area contributed by atoms with E-state index >= 15 is 0 Å². The van der Waals surface area contributed by atoms with Gasteiger partial charge in [0.2, 0.25) is 11.0 Å². The van der Waals surface area contributed by atoms with Crippen LogP contribution in [0.5, 0.6) is 5.75 Å². The fraction of sp³-hybridized carbons (Fsp3) is 0.474. The molecule has 3 rings (SSSR count). The summed E-state index contributed by atoms with van der Waals surface area (Å²) in [5, 5.41) is 24.3. The Kier molecular flexibility index (Phi) is 6.75. The van der Waals surface area contributed by atoms with Gasteiger partial charge in [-0.15, -0.1) is 10.2 Å². The van der Waals surface area contributed by atoms with Crippen molar-refractivity contribution < 1.29 is 9.53 Å². The SMILES string of the molecule is COc1ccc(Nc2nnc(S[C@H](C)C(=O)NC3(C#N)CCCCC3)s2)cc1. The van der Waals surface area contributed by atoms with Gasteiger partial charge in [0.15, 0.2) is 4.34 Å². The Balaban J connectivity index is 1.56. The second kappa shape index (κ2) is 9.26. The number of nitrogens with zero attached hydrogens (tertiary/aromatic N) is 3. The number of nitrogens with one attached hydrogen (secondary N) is 2. The van der Waals surface area contributed by atoms with E-state index in [4.69, 9.17) is 4.74 Å². The van der Waals surface area contributed by atoms with Crippen molar-refractivity contribution in [3.8, 4) is 11.8 Å². The highest BCUT2D eigenvalue weighted by molar-refractivity contribution is 8.02. The average Bonchev–Trinajstić information content (AvgIpc) is 3.16. The first kappa shape index (κ1) is 20.4. The lowest BCUT2D eigenvalue weighted by Crippen LogP contribution is -2.50. The third kappa shape index (κ3) is 5.14. The van der Waals surface area contributed by atoms with Gasteiger partial charge in [0.05, 0.1) is 18.4 Å². The first-order chi connectivity index (χ1) is 13.5. The first-order valence-electron chi connectivity index (χ1n) is 9.18. The summed E-state index contributed by atoms with van der Waals surface area (Å²) < 4.78 is 5.85. The fourth-order valence-electron chi connectivity index (χ4n) is 3.07. The van der Waals surface area contributed by atoms with E-state index in [9.17, 15) is 10.1 Å². The number of nitriles is 1. The summed E-state index contributed by atoms with van der Waals surface area (Å²) in [5.74, 6) is 0.653. The van der Waals surface area contributed by atoms with Crippen LogP contribution in [0.25, 0.3) is 0 Å². The van der Waals surface area contributed by atoms with Gasteiger partial charge in [0.1, 0.15) is 11.3 Å². The van der Waals surface area contributed by atoms with Crippen molar-refractivity contribution in [1.82, 2.24) is 15.5 Å². The second-order valence-electron chi connectivity index (χ2n) is 6.73. The number of amides is 1. The number of hydrogen-bond donors (Lipinski definition) is 2. The van der Waals surface area contributed by atoms with E-state index in [-0.39, 0.29) is 11.2 Å². The van der Waals surface area contributed by atoms with Crippen molar-refractivity contribution in [1.29, 1.82) is 5.26 Å². The zero-order chi connectivity index (χ0) is 20.0. The van der Waals surface area contributed by atoms with Crippen LogP contribution in [-0.4, -0.2) is 34.0 Å². The molecule has 1 aliphatic carbocycles. The Morgan fingerprint density at radius 3 is 2.64 bits per heavy atom. The van der Waals surface area contributed by atoms with Gasteiger partial charge in [-0.25, -0.2) is 0 Å². The van der Waals surface area contributed by atoms with Crippen molar-refractivity contribution in [2.75, 3.05) is 12.4 Å². The molecule has 0 radical (unpaired) electrons. The number of benzene rings is 1. The van der Waals surface area contributed by atoms with Gasteiger partial charge in [0.25, 0.3) is 0 Å². The molecule has 0 saturated heterocycles. The van der Waals surface area contributed by atoms with Crippen LogP contribution in [0.3, 0.4) is 0 Å². The minimum atomic E-state index is -0.716. The summed E-state index contributed by atoms with van der Waals surface area (Å²) >= 11 is 2.74. The van der Waals surface area contributed by atoms with E-state index in [2.05, 4.69) is 26.9 Å². The maximum Gasteiger partial charge on any atom is 0.234 e. The summed E-state index contributed by atoms with van der Waals surface area (Å²) in [7, 11) is 1.63. The molecule has 0 unspecified atom stereocenters. The Morgan fingerprint density at radius 1 is 1.29 bits per heavy atom.